The van der Waals surface area contributed by atoms with Crippen molar-refractivity contribution < 1.29 is 4.79 Å². The number of nitrogens with one attached hydrogen (secondary N) is 1. The Morgan fingerprint density at radius 1 is 1.28 bits per heavy atom. The van der Waals surface area contributed by atoms with Crippen LogP contribution in [-0.2, 0) is 0 Å². The molecule has 0 fully saturated rings. The van der Waals surface area contributed by atoms with Crippen LogP contribution < -0.4 is 5.43 Å². The lowest BCUT2D eigenvalue weighted by molar-refractivity contribution is 0.0806. The van der Waals surface area contributed by atoms with Crippen molar-refractivity contribution in [2.45, 2.75) is 26.3 Å². The number of carbonyl (C=O) groups excluding carboxylic acids is 1. The summed E-state index contributed by atoms with van der Waals surface area (Å²) in [7, 11) is 0. The van der Waals surface area contributed by atoms with Crippen LogP contribution in [0.4, 0.5) is 0 Å². The molecule has 0 aliphatic rings. The van der Waals surface area contributed by atoms with E-state index in [4.69, 9.17) is 35.0 Å². The van der Waals surface area contributed by atoms with Crippen LogP contribution in [-0.4, -0.2) is 16.0 Å². The molecule has 0 aliphatic carbocycles. The molecule has 0 saturated carbocycles. The summed E-state index contributed by atoms with van der Waals surface area (Å²) in [5.41, 5.74) is 2.41. The van der Waals surface area contributed by atoms with Crippen LogP contribution in [0.25, 0.3) is 0 Å². The fourth-order valence-electron chi connectivity index (χ4n) is 0.996. The first-order valence-corrected chi connectivity index (χ1v) is 6.04. The molecule has 102 valence electrons. The van der Waals surface area contributed by atoms with Gasteiger partial charge >= 0.3 is 0 Å². The van der Waals surface area contributed by atoms with Crippen molar-refractivity contribution in [3.8, 4) is 0 Å². The molecule has 0 heterocycles. The normalized spacial score (nSPS) is 11.1. The average molecular weight is 332 g/mol. The number of halogens is 4. The highest BCUT2D eigenvalue weighted by Crippen LogP contribution is 2.25. The molecule has 0 spiro atoms. The maximum absolute atomic E-state index is 11.9. The number of carbonyl (C=O) groups is 1. The number of amides is 1. The van der Waals surface area contributed by atoms with Gasteiger partial charge in [-0.1, -0.05) is 29.3 Å². The topological polar surface area (TPSA) is 32.3 Å². The third kappa shape index (κ3) is 4.48. The molecule has 1 aromatic rings. The van der Waals surface area contributed by atoms with Crippen LogP contribution in [0, 0.1) is 0 Å². The van der Waals surface area contributed by atoms with Gasteiger partial charge in [-0.25, -0.2) is 0 Å². The van der Waals surface area contributed by atoms with E-state index < -0.39 is 11.4 Å². The maximum atomic E-state index is 11.9. The molecule has 18 heavy (non-hydrogen) atoms. The molecule has 1 amide bonds. The lowest BCUT2D eigenvalue weighted by Gasteiger charge is -2.28. The molecule has 0 aliphatic heterocycles. The lowest BCUT2D eigenvalue weighted by atomic mass is 10.1. The summed E-state index contributed by atoms with van der Waals surface area (Å²) in [5.74, 6) is -0.401. The quantitative estimate of drug-likeness (QED) is 0.646. The molecule has 0 atom stereocenters. The van der Waals surface area contributed by atoms with E-state index in [9.17, 15) is 4.79 Å². The molecule has 1 N–H and O–H groups in total. The minimum absolute atomic E-state index is 0. The Labute approximate surface area is 128 Å². The van der Waals surface area contributed by atoms with Crippen molar-refractivity contribution >= 4 is 53.3 Å². The second kappa shape index (κ2) is 6.83. The fraction of sp³-hybridized carbons (Fsp3) is 0.364. The van der Waals surface area contributed by atoms with E-state index in [1.165, 1.54) is 4.53 Å². The standard InChI is InChI=1S/C11H13Cl3N2O.ClH/c1-11(2,3)16(14)15-10(17)7-5-4-6-8(12)9(7)13;/h4-6H,1-3H3,(H,15,17);1H. The van der Waals surface area contributed by atoms with Crippen molar-refractivity contribution in [1.82, 2.24) is 9.95 Å². The van der Waals surface area contributed by atoms with E-state index in [0.717, 1.165) is 0 Å². The minimum Gasteiger partial charge on any atom is -0.270 e. The van der Waals surface area contributed by atoms with Gasteiger partial charge in [-0.15, -0.1) is 16.9 Å². The summed E-state index contributed by atoms with van der Waals surface area (Å²) in [4.78, 5) is 11.9. The van der Waals surface area contributed by atoms with Gasteiger partial charge in [-0.2, -0.15) is 0 Å². The Kier molecular flexibility index (Phi) is 6.75. The number of benzene rings is 1. The Bertz CT molecular complexity index is 432. The van der Waals surface area contributed by atoms with Crippen molar-refractivity contribution in [1.29, 1.82) is 0 Å². The summed E-state index contributed by atoms with van der Waals surface area (Å²) >= 11 is 17.7. The van der Waals surface area contributed by atoms with Gasteiger partial charge in [-0.05, 0) is 32.9 Å². The number of hydrazine groups is 1. The highest BCUT2D eigenvalue weighted by Gasteiger charge is 2.23. The Hall–Kier alpha value is -0.190. The van der Waals surface area contributed by atoms with E-state index >= 15 is 0 Å². The molecule has 0 radical (unpaired) electrons. The molecule has 1 rings (SSSR count). The fourth-order valence-corrected chi connectivity index (χ4v) is 1.46. The Morgan fingerprint density at radius 2 is 1.83 bits per heavy atom. The van der Waals surface area contributed by atoms with Crippen LogP contribution in [0.2, 0.25) is 10.0 Å². The van der Waals surface area contributed by atoms with E-state index in [0.29, 0.717) is 5.02 Å². The number of nitrogens with zero attached hydrogens (tertiary/aromatic N) is 1. The predicted molar refractivity (Wildman–Crippen MR) is 78.6 cm³/mol. The second-order valence-electron chi connectivity index (χ2n) is 4.49. The predicted octanol–water partition coefficient (Wildman–Crippen LogP) is 4.31. The smallest absolute Gasteiger partial charge is 0.268 e. The zero-order valence-electron chi connectivity index (χ0n) is 10.1. The van der Waals surface area contributed by atoms with Gasteiger partial charge in [0.15, 0.2) is 0 Å². The number of rotatable bonds is 2. The van der Waals surface area contributed by atoms with Gasteiger partial charge < -0.3 is 0 Å². The third-order valence-corrected chi connectivity index (χ3v) is 3.40. The van der Waals surface area contributed by atoms with Crippen LogP contribution >= 0.6 is 47.4 Å². The van der Waals surface area contributed by atoms with Gasteiger partial charge in [0, 0.05) is 17.3 Å². The first-order valence-electron chi connectivity index (χ1n) is 4.94. The molecule has 3 nitrogen and oxygen atoms in total. The number of hydrogen-bond acceptors (Lipinski definition) is 2. The molecule has 0 bridgehead atoms. The summed E-state index contributed by atoms with van der Waals surface area (Å²) in [6, 6.07) is 4.85. The monoisotopic (exact) mass is 330 g/mol. The zero-order valence-corrected chi connectivity index (χ0v) is 13.2. The summed E-state index contributed by atoms with van der Waals surface area (Å²) in [5, 5.41) is 0.543. The average Bonchev–Trinajstić information content (AvgIpc) is 2.20. The largest absolute Gasteiger partial charge is 0.270 e. The van der Waals surface area contributed by atoms with Gasteiger partial charge in [0.05, 0.1) is 15.6 Å². The van der Waals surface area contributed by atoms with Gasteiger partial charge in [0.2, 0.25) is 0 Å². The summed E-state index contributed by atoms with van der Waals surface area (Å²) in [6.45, 7) is 5.58. The summed E-state index contributed by atoms with van der Waals surface area (Å²) in [6.07, 6.45) is 0. The van der Waals surface area contributed by atoms with E-state index in [1.807, 2.05) is 20.8 Å². The van der Waals surface area contributed by atoms with Gasteiger partial charge in [-0.3, -0.25) is 10.2 Å². The van der Waals surface area contributed by atoms with E-state index in [2.05, 4.69) is 5.43 Å². The molecule has 0 unspecified atom stereocenters. The van der Waals surface area contributed by atoms with Gasteiger partial charge in [0.25, 0.3) is 5.91 Å². The van der Waals surface area contributed by atoms with Crippen molar-refractivity contribution in [3.05, 3.63) is 33.8 Å². The van der Waals surface area contributed by atoms with Crippen LogP contribution in [0.5, 0.6) is 0 Å². The van der Waals surface area contributed by atoms with Crippen LogP contribution in [0.3, 0.4) is 0 Å². The van der Waals surface area contributed by atoms with Gasteiger partial charge in [0.1, 0.15) is 0 Å². The highest BCUT2D eigenvalue weighted by molar-refractivity contribution is 6.43. The minimum atomic E-state index is -0.401. The van der Waals surface area contributed by atoms with E-state index in [-0.39, 0.29) is 23.0 Å². The third-order valence-electron chi connectivity index (χ3n) is 1.98. The SMILES string of the molecule is CC(C)(C)N(Cl)NC(=O)c1cccc(Cl)c1Cl.Cl. The maximum Gasteiger partial charge on any atom is 0.268 e. The second-order valence-corrected chi connectivity index (χ2v) is 5.62. The molecular weight excluding hydrogens is 318 g/mol. The van der Waals surface area contributed by atoms with Crippen molar-refractivity contribution in [3.63, 3.8) is 0 Å². The molecular formula is C11H14Cl4N2O. The Morgan fingerprint density at radius 3 is 2.33 bits per heavy atom. The van der Waals surface area contributed by atoms with Crippen LogP contribution in [0.1, 0.15) is 31.1 Å². The molecule has 0 aromatic heterocycles. The molecule has 0 saturated heterocycles. The zero-order chi connectivity index (χ0) is 13.2. The highest BCUT2D eigenvalue weighted by atomic mass is 35.5. The van der Waals surface area contributed by atoms with E-state index in [1.54, 1.807) is 18.2 Å². The van der Waals surface area contributed by atoms with Crippen molar-refractivity contribution in [2.24, 2.45) is 0 Å². The number of hydrogen-bond donors (Lipinski definition) is 1. The molecule has 7 heteroatoms. The van der Waals surface area contributed by atoms with Crippen molar-refractivity contribution in [2.75, 3.05) is 0 Å². The first kappa shape index (κ1) is 17.8. The summed E-state index contributed by atoms with van der Waals surface area (Å²) < 4.78 is 1.20. The lowest BCUT2D eigenvalue weighted by Crippen LogP contribution is -2.46. The Balaban J connectivity index is 0.00000289. The first-order chi connectivity index (χ1) is 7.73. The molecule has 1 aromatic carbocycles. The van der Waals surface area contributed by atoms with Crippen LogP contribution in [0.15, 0.2) is 18.2 Å².